The fourth-order valence-corrected chi connectivity index (χ4v) is 2.77. The van der Waals surface area contributed by atoms with Crippen molar-refractivity contribution in [3.8, 4) is 0 Å². The molecule has 0 spiro atoms. The third-order valence-corrected chi connectivity index (χ3v) is 3.72. The first kappa shape index (κ1) is 15.4. The maximum absolute atomic E-state index is 13.7. The Labute approximate surface area is 124 Å². The van der Waals surface area contributed by atoms with Crippen molar-refractivity contribution in [3.63, 3.8) is 0 Å². The van der Waals surface area contributed by atoms with Crippen LogP contribution in [0.4, 0.5) is 8.78 Å². The van der Waals surface area contributed by atoms with Crippen LogP contribution in [0.1, 0.15) is 37.0 Å². The lowest BCUT2D eigenvalue weighted by molar-refractivity contribution is -0.0615. The lowest BCUT2D eigenvalue weighted by atomic mass is 9.93. The van der Waals surface area contributed by atoms with Gasteiger partial charge in [0.1, 0.15) is 17.2 Å². The van der Waals surface area contributed by atoms with Crippen LogP contribution in [0.5, 0.6) is 0 Å². The molecule has 1 aliphatic rings. The smallest absolute Gasteiger partial charge is 0.257 e. The van der Waals surface area contributed by atoms with Crippen molar-refractivity contribution in [2.45, 2.75) is 38.3 Å². The fourth-order valence-electron chi connectivity index (χ4n) is 2.37. The molecule has 1 amide bonds. The molecule has 0 saturated carbocycles. The van der Waals surface area contributed by atoms with Gasteiger partial charge in [-0.25, -0.2) is 8.78 Å². The van der Waals surface area contributed by atoms with Gasteiger partial charge in [-0.1, -0.05) is 15.9 Å². The van der Waals surface area contributed by atoms with E-state index in [0.717, 1.165) is 12.1 Å². The van der Waals surface area contributed by atoms with Gasteiger partial charge >= 0.3 is 0 Å². The predicted octanol–water partition coefficient (Wildman–Crippen LogP) is 3.41. The number of rotatable bonds is 2. The SMILES string of the molecule is CC1(C)CC(NC(=O)c2c(F)cc(Br)cc2F)CCO1. The van der Waals surface area contributed by atoms with E-state index < -0.39 is 23.1 Å². The molecule has 1 aliphatic heterocycles. The van der Waals surface area contributed by atoms with E-state index >= 15 is 0 Å². The highest BCUT2D eigenvalue weighted by atomic mass is 79.9. The number of benzene rings is 1. The summed E-state index contributed by atoms with van der Waals surface area (Å²) in [5, 5.41) is 2.68. The highest BCUT2D eigenvalue weighted by molar-refractivity contribution is 9.10. The summed E-state index contributed by atoms with van der Waals surface area (Å²) in [7, 11) is 0. The van der Waals surface area contributed by atoms with Crippen LogP contribution >= 0.6 is 15.9 Å². The number of amides is 1. The molecule has 1 atom stereocenters. The van der Waals surface area contributed by atoms with Crippen molar-refractivity contribution in [1.82, 2.24) is 5.32 Å². The monoisotopic (exact) mass is 347 g/mol. The zero-order chi connectivity index (χ0) is 14.9. The number of ether oxygens (including phenoxy) is 1. The normalized spacial score (nSPS) is 21.6. The molecular weight excluding hydrogens is 332 g/mol. The van der Waals surface area contributed by atoms with E-state index in [-0.39, 0.29) is 16.1 Å². The molecular formula is C14H16BrF2NO2. The molecule has 1 aromatic rings. The lowest BCUT2D eigenvalue weighted by Crippen LogP contribution is -2.46. The molecule has 1 heterocycles. The number of hydrogen-bond donors (Lipinski definition) is 1. The van der Waals surface area contributed by atoms with Crippen molar-refractivity contribution in [2.24, 2.45) is 0 Å². The van der Waals surface area contributed by atoms with Gasteiger partial charge in [0.2, 0.25) is 0 Å². The summed E-state index contributed by atoms with van der Waals surface area (Å²) in [5.74, 6) is -2.48. The van der Waals surface area contributed by atoms with Gasteiger partial charge in [-0.05, 0) is 38.8 Å². The molecule has 1 aromatic carbocycles. The molecule has 1 fully saturated rings. The van der Waals surface area contributed by atoms with Gasteiger partial charge in [0.05, 0.1) is 5.60 Å². The molecule has 0 bridgehead atoms. The summed E-state index contributed by atoms with van der Waals surface area (Å²) < 4.78 is 33.2. The Bertz CT molecular complexity index is 511. The standard InChI is InChI=1S/C14H16BrF2NO2/c1-14(2)7-9(3-4-20-14)18-13(19)12-10(16)5-8(15)6-11(12)17/h5-6,9H,3-4,7H2,1-2H3,(H,18,19). The summed E-state index contributed by atoms with van der Waals surface area (Å²) in [6.07, 6.45) is 1.24. The number of halogens is 3. The number of nitrogens with one attached hydrogen (secondary N) is 1. The summed E-state index contributed by atoms with van der Waals surface area (Å²) in [6.45, 7) is 4.36. The van der Waals surface area contributed by atoms with Crippen LogP contribution in [-0.2, 0) is 4.74 Å². The number of carbonyl (C=O) groups is 1. The summed E-state index contributed by atoms with van der Waals surface area (Å²) in [4.78, 5) is 12.0. The van der Waals surface area contributed by atoms with Crippen LogP contribution in [0, 0.1) is 11.6 Å². The van der Waals surface area contributed by atoms with E-state index in [9.17, 15) is 13.6 Å². The zero-order valence-corrected chi connectivity index (χ0v) is 12.9. The summed E-state index contributed by atoms with van der Waals surface area (Å²) in [5.41, 5.74) is -0.884. The minimum atomic E-state index is -0.874. The average molecular weight is 348 g/mol. The van der Waals surface area contributed by atoms with Gasteiger partial charge in [0.25, 0.3) is 5.91 Å². The Morgan fingerprint density at radius 3 is 2.55 bits per heavy atom. The maximum Gasteiger partial charge on any atom is 0.257 e. The second-order valence-electron chi connectivity index (χ2n) is 5.52. The zero-order valence-electron chi connectivity index (χ0n) is 11.3. The molecule has 1 N–H and O–H groups in total. The van der Waals surface area contributed by atoms with Crippen LogP contribution < -0.4 is 5.32 Å². The van der Waals surface area contributed by atoms with Crippen LogP contribution in [0.25, 0.3) is 0 Å². The van der Waals surface area contributed by atoms with Crippen molar-refractivity contribution in [2.75, 3.05) is 6.61 Å². The van der Waals surface area contributed by atoms with E-state index in [1.807, 2.05) is 13.8 Å². The van der Waals surface area contributed by atoms with Crippen molar-refractivity contribution in [3.05, 3.63) is 33.8 Å². The third kappa shape index (κ3) is 3.55. The quantitative estimate of drug-likeness (QED) is 0.890. The second kappa shape index (κ2) is 5.77. The van der Waals surface area contributed by atoms with Crippen LogP contribution in [0.3, 0.4) is 0 Å². The molecule has 6 heteroatoms. The van der Waals surface area contributed by atoms with Gasteiger partial charge in [-0.15, -0.1) is 0 Å². The average Bonchev–Trinajstić information content (AvgIpc) is 2.25. The molecule has 2 rings (SSSR count). The van der Waals surface area contributed by atoms with Crippen LogP contribution in [-0.4, -0.2) is 24.2 Å². The van der Waals surface area contributed by atoms with E-state index in [2.05, 4.69) is 21.2 Å². The van der Waals surface area contributed by atoms with E-state index in [1.54, 1.807) is 0 Å². The molecule has 0 aliphatic carbocycles. The molecule has 20 heavy (non-hydrogen) atoms. The first-order valence-corrected chi connectivity index (χ1v) is 7.17. The fraction of sp³-hybridized carbons (Fsp3) is 0.500. The van der Waals surface area contributed by atoms with Crippen molar-refractivity contribution >= 4 is 21.8 Å². The first-order valence-electron chi connectivity index (χ1n) is 6.38. The maximum atomic E-state index is 13.7. The second-order valence-corrected chi connectivity index (χ2v) is 6.43. The van der Waals surface area contributed by atoms with E-state index in [4.69, 9.17) is 4.74 Å². The molecule has 110 valence electrons. The Kier molecular flexibility index (Phi) is 4.44. The minimum Gasteiger partial charge on any atom is -0.375 e. The third-order valence-electron chi connectivity index (χ3n) is 3.27. The highest BCUT2D eigenvalue weighted by Gasteiger charge is 2.30. The Hall–Kier alpha value is -1.01. The molecule has 3 nitrogen and oxygen atoms in total. The van der Waals surface area contributed by atoms with Crippen molar-refractivity contribution < 1.29 is 18.3 Å². The lowest BCUT2D eigenvalue weighted by Gasteiger charge is -2.35. The topological polar surface area (TPSA) is 38.3 Å². The molecule has 0 radical (unpaired) electrons. The van der Waals surface area contributed by atoms with Crippen LogP contribution in [0.15, 0.2) is 16.6 Å². The molecule has 0 aromatic heterocycles. The minimum absolute atomic E-state index is 0.145. The molecule has 1 unspecified atom stereocenters. The van der Waals surface area contributed by atoms with Gasteiger partial charge in [0, 0.05) is 17.1 Å². The Morgan fingerprint density at radius 2 is 2.00 bits per heavy atom. The Balaban J connectivity index is 2.13. The van der Waals surface area contributed by atoms with Gasteiger partial charge in [0.15, 0.2) is 0 Å². The van der Waals surface area contributed by atoms with Gasteiger partial charge in [-0.3, -0.25) is 4.79 Å². The number of hydrogen-bond acceptors (Lipinski definition) is 2. The van der Waals surface area contributed by atoms with Gasteiger partial charge < -0.3 is 10.1 Å². The van der Waals surface area contributed by atoms with Crippen LogP contribution in [0.2, 0.25) is 0 Å². The first-order chi connectivity index (χ1) is 9.28. The summed E-state index contributed by atoms with van der Waals surface area (Å²) in [6, 6.07) is 2.01. The van der Waals surface area contributed by atoms with E-state index in [1.165, 1.54) is 0 Å². The number of carbonyl (C=O) groups excluding carboxylic acids is 1. The van der Waals surface area contributed by atoms with Crippen molar-refractivity contribution in [1.29, 1.82) is 0 Å². The largest absolute Gasteiger partial charge is 0.375 e. The Morgan fingerprint density at radius 1 is 1.40 bits per heavy atom. The predicted molar refractivity (Wildman–Crippen MR) is 74.6 cm³/mol. The molecule has 1 saturated heterocycles. The summed E-state index contributed by atoms with van der Waals surface area (Å²) >= 11 is 2.98. The van der Waals surface area contributed by atoms with Gasteiger partial charge in [-0.2, -0.15) is 0 Å². The highest BCUT2D eigenvalue weighted by Crippen LogP contribution is 2.25. The van der Waals surface area contributed by atoms with E-state index in [0.29, 0.717) is 19.4 Å².